The van der Waals surface area contributed by atoms with Gasteiger partial charge in [-0.2, -0.15) is 0 Å². The van der Waals surface area contributed by atoms with Crippen molar-refractivity contribution in [3.63, 3.8) is 0 Å². The summed E-state index contributed by atoms with van der Waals surface area (Å²) in [4.78, 5) is 14.4. The molecule has 1 aliphatic carbocycles. The van der Waals surface area contributed by atoms with Crippen LogP contribution in [0, 0.1) is 0 Å². The quantitative estimate of drug-likeness (QED) is 0.742. The van der Waals surface area contributed by atoms with Crippen molar-refractivity contribution in [3.05, 3.63) is 0 Å². The van der Waals surface area contributed by atoms with Gasteiger partial charge in [-0.25, -0.2) is 0 Å². The largest absolute Gasteiger partial charge is 0.353 e. The third-order valence-electron chi connectivity index (χ3n) is 4.14. The monoisotopic (exact) mass is 269 g/mol. The van der Waals surface area contributed by atoms with E-state index in [4.69, 9.17) is 5.73 Å². The lowest BCUT2D eigenvalue weighted by molar-refractivity contribution is -0.123. The molecule has 0 aromatic carbocycles. The summed E-state index contributed by atoms with van der Waals surface area (Å²) in [6, 6.07) is 1.19. The van der Waals surface area contributed by atoms with Gasteiger partial charge in [0, 0.05) is 18.1 Å². The lowest BCUT2D eigenvalue weighted by Crippen LogP contribution is -2.47. The summed E-state index contributed by atoms with van der Waals surface area (Å²) < 4.78 is 0. The van der Waals surface area contributed by atoms with Crippen LogP contribution in [-0.4, -0.2) is 42.0 Å². The topological polar surface area (TPSA) is 58.4 Å². The predicted molar refractivity (Wildman–Crippen MR) is 80.0 cm³/mol. The summed E-state index contributed by atoms with van der Waals surface area (Å²) in [6.45, 7) is 7.87. The molecule has 4 heteroatoms. The summed E-state index contributed by atoms with van der Waals surface area (Å²) in [6.07, 6.45) is 6.54. The Morgan fingerprint density at radius 2 is 1.95 bits per heavy atom. The number of hydrogen-bond acceptors (Lipinski definition) is 3. The number of nitrogens with zero attached hydrogens (tertiary/aromatic N) is 1. The van der Waals surface area contributed by atoms with Crippen molar-refractivity contribution >= 4 is 5.91 Å². The standard InChI is InChI=1S/C15H31N3O/c1-4-10-18(11-15(19)17-12(3)5-2)14-8-6-13(16)7-9-14/h12-14H,4-11,16H2,1-3H3,(H,17,19). The van der Waals surface area contributed by atoms with Crippen LogP contribution in [0.1, 0.15) is 59.3 Å². The average molecular weight is 269 g/mol. The number of nitrogens with two attached hydrogens (primary N) is 1. The molecule has 1 saturated carbocycles. The number of nitrogens with one attached hydrogen (secondary N) is 1. The highest BCUT2D eigenvalue weighted by Gasteiger charge is 2.25. The normalized spacial score (nSPS) is 25.3. The minimum atomic E-state index is 0.165. The molecule has 0 spiro atoms. The molecule has 3 N–H and O–H groups in total. The highest BCUT2D eigenvalue weighted by molar-refractivity contribution is 5.78. The van der Waals surface area contributed by atoms with Crippen LogP contribution in [0.25, 0.3) is 0 Å². The predicted octanol–water partition coefficient (Wildman–Crippen LogP) is 1.88. The van der Waals surface area contributed by atoms with Gasteiger partial charge in [0.2, 0.25) is 5.91 Å². The van der Waals surface area contributed by atoms with Crippen molar-refractivity contribution in [2.75, 3.05) is 13.1 Å². The van der Waals surface area contributed by atoms with Crippen molar-refractivity contribution in [2.45, 2.75) is 77.4 Å². The summed E-state index contributed by atoms with van der Waals surface area (Å²) in [5, 5.41) is 3.06. The first-order valence-electron chi connectivity index (χ1n) is 7.85. The van der Waals surface area contributed by atoms with E-state index >= 15 is 0 Å². The van der Waals surface area contributed by atoms with Crippen molar-refractivity contribution in [3.8, 4) is 0 Å². The van der Waals surface area contributed by atoms with Crippen LogP contribution in [0.2, 0.25) is 0 Å². The zero-order chi connectivity index (χ0) is 14.3. The lowest BCUT2D eigenvalue weighted by Gasteiger charge is -2.35. The number of carbonyl (C=O) groups excluding carboxylic acids is 1. The Balaban J connectivity index is 2.45. The van der Waals surface area contributed by atoms with Gasteiger partial charge in [0.1, 0.15) is 0 Å². The first kappa shape index (κ1) is 16.4. The molecular formula is C15H31N3O. The molecule has 1 fully saturated rings. The molecule has 112 valence electrons. The third kappa shape index (κ3) is 5.91. The first-order valence-corrected chi connectivity index (χ1v) is 7.85. The van der Waals surface area contributed by atoms with Gasteiger partial charge in [-0.3, -0.25) is 9.69 Å². The van der Waals surface area contributed by atoms with E-state index in [1.807, 2.05) is 0 Å². The van der Waals surface area contributed by atoms with Crippen LogP contribution < -0.4 is 11.1 Å². The number of amides is 1. The van der Waals surface area contributed by atoms with Gasteiger partial charge in [0.25, 0.3) is 0 Å². The van der Waals surface area contributed by atoms with Crippen LogP contribution in [0.3, 0.4) is 0 Å². The van der Waals surface area contributed by atoms with Crippen molar-refractivity contribution < 1.29 is 4.79 Å². The Morgan fingerprint density at radius 3 is 2.47 bits per heavy atom. The SMILES string of the molecule is CCCN(CC(=O)NC(C)CC)C1CCC(N)CC1. The second kappa shape index (κ2) is 8.54. The average Bonchev–Trinajstić information content (AvgIpc) is 2.39. The molecule has 1 amide bonds. The minimum absolute atomic E-state index is 0.165. The minimum Gasteiger partial charge on any atom is -0.353 e. The first-order chi connectivity index (χ1) is 9.06. The Labute approximate surface area is 118 Å². The summed E-state index contributed by atoms with van der Waals surface area (Å²) >= 11 is 0. The van der Waals surface area contributed by atoms with Gasteiger partial charge < -0.3 is 11.1 Å². The summed E-state index contributed by atoms with van der Waals surface area (Å²) in [5.74, 6) is 0.165. The van der Waals surface area contributed by atoms with Crippen LogP contribution in [0.5, 0.6) is 0 Å². The Morgan fingerprint density at radius 1 is 1.32 bits per heavy atom. The Bertz CT molecular complexity index is 262. The molecule has 1 rings (SSSR count). The summed E-state index contributed by atoms with van der Waals surface area (Å²) in [7, 11) is 0. The molecule has 0 aromatic rings. The highest BCUT2D eigenvalue weighted by Crippen LogP contribution is 2.22. The molecule has 1 unspecified atom stereocenters. The maximum absolute atomic E-state index is 12.0. The van der Waals surface area contributed by atoms with Crippen molar-refractivity contribution in [1.82, 2.24) is 10.2 Å². The molecule has 1 atom stereocenters. The van der Waals surface area contributed by atoms with Crippen molar-refractivity contribution in [1.29, 1.82) is 0 Å². The van der Waals surface area contributed by atoms with E-state index in [0.29, 0.717) is 18.6 Å². The molecule has 0 aliphatic heterocycles. The number of hydrogen-bond donors (Lipinski definition) is 2. The fourth-order valence-electron chi connectivity index (χ4n) is 2.75. The summed E-state index contributed by atoms with van der Waals surface area (Å²) in [5.41, 5.74) is 5.96. The van der Waals surface area contributed by atoms with Crippen LogP contribution >= 0.6 is 0 Å². The highest BCUT2D eigenvalue weighted by atomic mass is 16.2. The van der Waals surface area contributed by atoms with E-state index in [9.17, 15) is 4.79 Å². The number of rotatable bonds is 7. The van der Waals surface area contributed by atoms with E-state index < -0.39 is 0 Å². The van der Waals surface area contributed by atoms with E-state index in [2.05, 4.69) is 31.0 Å². The Kier molecular flexibility index (Phi) is 7.39. The third-order valence-corrected chi connectivity index (χ3v) is 4.14. The van der Waals surface area contributed by atoms with Crippen molar-refractivity contribution in [2.24, 2.45) is 5.73 Å². The lowest BCUT2D eigenvalue weighted by atomic mass is 9.90. The second-order valence-corrected chi connectivity index (χ2v) is 5.92. The van der Waals surface area contributed by atoms with Gasteiger partial charge in [0.15, 0.2) is 0 Å². The van der Waals surface area contributed by atoms with Gasteiger partial charge in [-0.1, -0.05) is 13.8 Å². The molecule has 0 bridgehead atoms. The molecule has 1 aliphatic rings. The zero-order valence-electron chi connectivity index (χ0n) is 12.8. The smallest absolute Gasteiger partial charge is 0.234 e. The molecule has 4 nitrogen and oxygen atoms in total. The van der Waals surface area contributed by atoms with E-state index in [0.717, 1.165) is 45.1 Å². The fraction of sp³-hybridized carbons (Fsp3) is 0.933. The van der Waals surface area contributed by atoms with Crippen LogP contribution in [-0.2, 0) is 4.79 Å². The van der Waals surface area contributed by atoms with Gasteiger partial charge in [0.05, 0.1) is 6.54 Å². The van der Waals surface area contributed by atoms with E-state index in [1.54, 1.807) is 0 Å². The molecule has 0 aromatic heterocycles. The fourth-order valence-corrected chi connectivity index (χ4v) is 2.75. The zero-order valence-corrected chi connectivity index (χ0v) is 12.8. The maximum atomic E-state index is 12.0. The van der Waals surface area contributed by atoms with E-state index in [1.165, 1.54) is 0 Å². The van der Waals surface area contributed by atoms with Gasteiger partial charge in [-0.15, -0.1) is 0 Å². The van der Waals surface area contributed by atoms with Crippen LogP contribution in [0.15, 0.2) is 0 Å². The second-order valence-electron chi connectivity index (χ2n) is 5.92. The van der Waals surface area contributed by atoms with E-state index in [-0.39, 0.29) is 11.9 Å². The molecule has 0 radical (unpaired) electrons. The molecule has 0 saturated heterocycles. The van der Waals surface area contributed by atoms with Gasteiger partial charge in [-0.05, 0) is 52.0 Å². The molecule has 0 heterocycles. The molecular weight excluding hydrogens is 238 g/mol. The number of carbonyl (C=O) groups is 1. The van der Waals surface area contributed by atoms with Crippen LogP contribution in [0.4, 0.5) is 0 Å². The Hall–Kier alpha value is -0.610. The van der Waals surface area contributed by atoms with Gasteiger partial charge >= 0.3 is 0 Å². The molecule has 19 heavy (non-hydrogen) atoms. The maximum Gasteiger partial charge on any atom is 0.234 e.